The first-order valence-corrected chi connectivity index (χ1v) is 6.04. The van der Waals surface area contributed by atoms with E-state index in [0.717, 1.165) is 0 Å². The van der Waals surface area contributed by atoms with Crippen molar-refractivity contribution in [2.45, 2.75) is 35.9 Å². The van der Waals surface area contributed by atoms with Gasteiger partial charge in [0.25, 0.3) is 0 Å². The molecular formula is C8H15NO5S. The second kappa shape index (κ2) is 4.54. The average molecular weight is 237 g/mol. The minimum atomic E-state index is -0.995. The molecule has 2 heterocycles. The van der Waals surface area contributed by atoms with Crippen LogP contribution >= 0.6 is 11.8 Å². The first-order valence-electron chi connectivity index (χ1n) is 4.75. The van der Waals surface area contributed by atoms with Gasteiger partial charge in [-0.1, -0.05) is 0 Å². The molecule has 6 nitrogen and oxygen atoms in total. The van der Waals surface area contributed by atoms with Crippen molar-refractivity contribution < 1.29 is 24.9 Å². The van der Waals surface area contributed by atoms with Crippen LogP contribution in [0.2, 0.25) is 0 Å². The molecule has 0 aromatic rings. The molecule has 0 saturated carbocycles. The molecule has 4 N–H and O–H groups in total. The van der Waals surface area contributed by atoms with E-state index in [9.17, 15) is 10.2 Å². The Morgan fingerprint density at radius 3 is 2.60 bits per heavy atom. The maximum Gasteiger partial charge on any atom is 0.135 e. The van der Waals surface area contributed by atoms with Gasteiger partial charge < -0.3 is 20.1 Å². The standard InChI is InChI=1S/C8H15NO5S/c1-15-8-5(12)4(11)7-6(13-8)3(2-10)9-14-7/h3-12H,2H2,1H3/t3-,4+,5-,6-,7?,8?/m1/s1. The van der Waals surface area contributed by atoms with E-state index in [0.29, 0.717) is 0 Å². The molecule has 0 bridgehead atoms. The SMILES string of the molecule is CSC1O[C@H]2C(ON[C@@H]2CO)[C@@H](O)[C@H]1O. The van der Waals surface area contributed by atoms with E-state index in [1.165, 1.54) is 11.8 Å². The summed E-state index contributed by atoms with van der Waals surface area (Å²) in [6, 6.07) is -0.355. The number of thioether (sulfide) groups is 1. The summed E-state index contributed by atoms with van der Waals surface area (Å²) < 4.78 is 5.55. The number of ether oxygens (including phenoxy) is 1. The number of fused-ring (bicyclic) bond motifs is 1. The molecule has 7 heteroatoms. The second-order valence-corrected chi connectivity index (χ2v) is 4.61. The van der Waals surface area contributed by atoms with Crippen molar-refractivity contribution in [2.24, 2.45) is 0 Å². The van der Waals surface area contributed by atoms with E-state index in [-0.39, 0.29) is 12.6 Å². The Hall–Kier alpha value is 0.110. The van der Waals surface area contributed by atoms with Crippen LogP contribution in [0.25, 0.3) is 0 Å². The summed E-state index contributed by atoms with van der Waals surface area (Å²) in [5, 5.41) is 28.5. The normalized spacial score (nSPS) is 50.4. The average Bonchev–Trinajstić information content (AvgIpc) is 2.66. The molecule has 0 spiro atoms. The molecular weight excluding hydrogens is 222 g/mol. The molecule has 0 aliphatic carbocycles. The molecule has 2 unspecified atom stereocenters. The highest BCUT2D eigenvalue weighted by atomic mass is 32.2. The third-order valence-electron chi connectivity index (χ3n) is 2.76. The van der Waals surface area contributed by atoms with Gasteiger partial charge in [0.1, 0.15) is 29.9 Å². The van der Waals surface area contributed by atoms with E-state index < -0.39 is 29.9 Å². The highest BCUT2D eigenvalue weighted by Gasteiger charge is 2.51. The van der Waals surface area contributed by atoms with Crippen LogP contribution < -0.4 is 5.48 Å². The number of aliphatic hydroxyl groups excluding tert-OH is 3. The summed E-state index contributed by atoms with van der Waals surface area (Å²) in [5.74, 6) is 0. The lowest BCUT2D eigenvalue weighted by atomic mass is 9.96. The largest absolute Gasteiger partial charge is 0.395 e. The molecule has 88 valence electrons. The summed E-state index contributed by atoms with van der Waals surface area (Å²) in [6.45, 7) is -0.134. The maximum absolute atomic E-state index is 9.77. The monoisotopic (exact) mass is 237 g/mol. The highest BCUT2D eigenvalue weighted by Crippen LogP contribution is 2.32. The summed E-state index contributed by atoms with van der Waals surface area (Å²) in [4.78, 5) is 5.08. The lowest BCUT2D eigenvalue weighted by Crippen LogP contribution is -2.57. The summed E-state index contributed by atoms with van der Waals surface area (Å²) in [6.07, 6.45) is -1.23. The lowest BCUT2D eigenvalue weighted by Gasteiger charge is -2.38. The third kappa shape index (κ3) is 1.89. The first kappa shape index (κ1) is 11.6. The van der Waals surface area contributed by atoms with E-state index in [4.69, 9.17) is 14.7 Å². The van der Waals surface area contributed by atoms with Crippen molar-refractivity contribution in [1.29, 1.82) is 0 Å². The van der Waals surface area contributed by atoms with Crippen LogP contribution in [0.5, 0.6) is 0 Å². The molecule has 0 aromatic heterocycles. The van der Waals surface area contributed by atoms with Gasteiger partial charge in [-0.05, 0) is 6.26 Å². The number of aliphatic hydroxyl groups is 3. The van der Waals surface area contributed by atoms with E-state index in [1.54, 1.807) is 6.26 Å². The van der Waals surface area contributed by atoms with Crippen molar-refractivity contribution in [2.75, 3.05) is 12.9 Å². The Labute approximate surface area is 91.5 Å². The smallest absolute Gasteiger partial charge is 0.135 e. The van der Waals surface area contributed by atoms with Crippen LogP contribution in [0.1, 0.15) is 0 Å². The zero-order valence-electron chi connectivity index (χ0n) is 8.24. The molecule has 2 fully saturated rings. The Balaban J connectivity index is 2.11. The van der Waals surface area contributed by atoms with Gasteiger partial charge >= 0.3 is 0 Å². The summed E-state index contributed by atoms with van der Waals surface area (Å²) in [5.41, 5.74) is 2.10. The van der Waals surface area contributed by atoms with Gasteiger partial charge in [0.05, 0.1) is 12.6 Å². The van der Waals surface area contributed by atoms with Gasteiger partial charge in [-0.3, -0.25) is 4.84 Å². The number of nitrogens with one attached hydrogen (secondary N) is 1. The molecule has 15 heavy (non-hydrogen) atoms. The number of hydroxylamine groups is 1. The van der Waals surface area contributed by atoms with Gasteiger partial charge in [-0.25, -0.2) is 0 Å². The number of hydrogen-bond acceptors (Lipinski definition) is 7. The molecule has 2 aliphatic heterocycles. The van der Waals surface area contributed by atoms with Crippen LogP contribution in [0, 0.1) is 0 Å². The zero-order valence-corrected chi connectivity index (χ0v) is 9.05. The highest BCUT2D eigenvalue weighted by molar-refractivity contribution is 7.99. The van der Waals surface area contributed by atoms with Crippen LogP contribution in [0.4, 0.5) is 0 Å². The van der Waals surface area contributed by atoms with Gasteiger partial charge in [-0.15, -0.1) is 11.8 Å². The Kier molecular flexibility index (Phi) is 3.51. The quantitative estimate of drug-likeness (QED) is 0.444. The topological polar surface area (TPSA) is 91.2 Å². The first-order chi connectivity index (χ1) is 7.19. The Morgan fingerprint density at radius 1 is 1.27 bits per heavy atom. The van der Waals surface area contributed by atoms with Crippen molar-refractivity contribution in [1.82, 2.24) is 5.48 Å². The van der Waals surface area contributed by atoms with Crippen LogP contribution in [0.3, 0.4) is 0 Å². The van der Waals surface area contributed by atoms with Crippen LogP contribution in [0.15, 0.2) is 0 Å². The Morgan fingerprint density at radius 2 is 2.00 bits per heavy atom. The van der Waals surface area contributed by atoms with Crippen LogP contribution in [-0.4, -0.2) is 64.1 Å². The fourth-order valence-electron chi connectivity index (χ4n) is 1.89. The lowest BCUT2D eigenvalue weighted by molar-refractivity contribution is -0.190. The van der Waals surface area contributed by atoms with Gasteiger partial charge in [-0.2, -0.15) is 5.48 Å². The Bertz CT molecular complexity index is 231. The summed E-state index contributed by atoms with van der Waals surface area (Å²) >= 11 is 1.32. The van der Waals surface area contributed by atoms with Crippen molar-refractivity contribution in [3.8, 4) is 0 Å². The number of hydrogen-bond donors (Lipinski definition) is 4. The maximum atomic E-state index is 9.77. The minimum Gasteiger partial charge on any atom is -0.395 e. The van der Waals surface area contributed by atoms with E-state index in [2.05, 4.69) is 5.48 Å². The van der Waals surface area contributed by atoms with Crippen molar-refractivity contribution in [3.05, 3.63) is 0 Å². The van der Waals surface area contributed by atoms with Crippen molar-refractivity contribution >= 4 is 11.8 Å². The fraction of sp³-hybridized carbons (Fsp3) is 1.00. The molecule has 2 aliphatic rings. The molecule has 2 rings (SSSR count). The fourth-order valence-corrected chi connectivity index (χ4v) is 2.57. The minimum absolute atomic E-state index is 0.134. The zero-order chi connectivity index (χ0) is 11.0. The third-order valence-corrected chi connectivity index (χ3v) is 3.62. The molecule has 6 atom stereocenters. The van der Waals surface area contributed by atoms with E-state index >= 15 is 0 Å². The number of rotatable bonds is 2. The predicted octanol–water partition coefficient (Wildman–Crippen LogP) is -1.94. The molecule has 2 saturated heterocycles. The molecule has 0 amide bonds. The van der Waals surface area contributed by atoms with Gasteiger partial charge in [0.15, 0.2) is 0 Å². The van der Waals surface area contributed by atoms with Gasteiger partial charge in [0, 0.05) is 0 Å². The van der Waals surface area contributed by atoms with Crippen LogP contribution in [-0.2, 0) is 9.57 Å². The predicted molar refractivity (Wildman–Crippen MR) is 53.1 cm³/mol. The van der Waals surface area contributed by atoms with E-state index in [1.807, 2.05) is 0 Å². The summed E-state index contributed by atoms with van der Waals surface area (Å²) in [7, 11) is 0. The van der Waals surface area contributed by atoms with Gasteiger partial charge in [0.2, 0.25) is 0 Å². The second-order valence-electron chi connectivity index (χ2n) is 3.68. The van der Waals surface area contributed by atoms with Crippen molar-refractivity contribution in [3.63, 3.8) is 0 Å². The molecule has 0 radical (unpaired) electrons. The molecule has 0 aromatic carbocycles.